The number of halogens is 1. The maximum atomic E-state index is 12.7. The first-order valence-corrected chi connectivity index (χ1v) is 13.1. The summed E-state index contributed by atoms with van der Waals surface area (Å²) in [5.41, 5.74) is 4.87. The zero-order chi connectivity index (χ0) is 26.0. The van der Waals surface area contributed by atoms with Crippen LogP contribution in [0.2, 0.25) is 5.02 Å². The minimum atomic E-state index is -4.07. The molecule has 4 aromatic rings. The van der Waals surface area contributed by atoms with Crippen molar-refractivity contribution in [2.45, 2.75) is 31.7 Å². The second-order valence-electron chi connectivity index (χ2n) is 7.70. The number of hydrazine groups is 1. The van der Waals surface area contributed by atoms with Gasteiger partial charge in [-0.25, -0.2) is 18.1 Å². The summed E-state index contributed by atoms with van der Waals surface area (Å²) in [5.74, 6) is -0.879. The van der Waals surface area contributed by atoms with E-state index in [-0.39, 0.29) is 39.8 Å². The van der Waals surface area contributed by atoms with Crippen LogP contribution in [-0.2, 0) is 27.8 Å². The van der Waals surface area contributed by atoms with Crippen LogP contribution in [0.25, 0.3) is 10.2 Å². The number of carbonyl (C=O) groups excluding carboxylic acids is 2. The number of H-pyrrole nitrogens is 1. The average molecular weight is 550 g/mol. The number of nitrogens with one attached hydrogen (secondary N) is 4. The molecule has 188 valence electrons. The largest absolute Gasteiger partial charge is 0.468 e. The molecule has 0 saturated heterocycles. The highest BCUT2D eigenvalue weighted by Crippen LogP contribution is 2.26. The van der Waals surface area contributed by atoms with Crippen molar-refractivity contribution in [1.82, 2.24) is 25.5 Å². The van der Waals surface area contributed by atoms with Crippen LogP contribution in [0.4, 0.5) is 0 Å². The summed E-state index contributed by atoms with van der Waals surface area (Å²) in [5, 5.41) is 0.397. The van der Waals surface area contributed by atoms with E-state index in [4.69, 9.17) is 16.0 Å². The molecule has 0 unspecified atom stereocenters. The molecule has 11 nitrogen and oxygen atoms in total. The van der Waals surface area contributed by atoms with Crippen LogP contribution >= 0.6 is 22.9 Å². The first-order chi connectivity index (χ1) is 17.0. The summed E-state index contributed by atoms with van der Waals surface area (Å²) in [6.07, 6.45) is 1.12. The third-order valence-electron chi connectivity index (χ3n) is 5.23. The smallest absolute Gasteiger partial charge is 0.269 e. The maximum Gasteiger partial charge on any atom is 0.269 e. The molecule has 0 aliphatic heterocycles. The molecule has 3 aromatic heterocycles. The number of aromatic amines is 1. The van der Waals surface area contributed by atoms with Gasteiger partial charge in [-0.3, -0.25) is 25.2 Å². The summed E-state index contributed by atoms with van der Waals surface area (Å²) in [6, 6.07) is 6.87. The molecule has 1 aromatic carbocycles. The lowest BCUT2D eigenvalue weighted by Gasteiger charge is -2.11. The Morgan fingerprint density at radius 3 is 2.69 bits per heavy atom. The Morgan fingerprint density at radius 1 is 1.19 bits per heavy atom. The molecule has 3 heterocycles. The van der Waals surface area contributed by atoms with Crippen LogP contribution < -0.4 is 21.1 Å². The van der Waals surface area contributed by atoms with Crippen molar-refractivity contribution in [1.29, 1.82) is 0 Å². The maximum absolute atomic E-state index is 12.7. The van der Waals surface area contributed by atoms with E-state index in [1.54, 1.807) is 12.1 Å². The number of hydrogen-bond acceptors (Lipinski definition) is 8. The van der Waals surface area contributed by atoms with E-state index in [0.717, 1.165) is 16.5 Å². The van der Waals surface area contributed by atoms with Crippen molar-refractivity contribution in [2.24, 2.45) is 0 Å². The predicted molar refractivity (Wildman–Crippen MR) is 133 cm³/mol. The van der Waals surface area contributed by atoms with Crippen LogP contribution in [0.3, 0.4) is 0 Å². The number of benzene rings is 1. The minimum Gasteiger partial charge on any atom is -0.468 e. The van der Waals surface area contributed by atoms with E-state index < -0.39 is 21.8 Å². The number of aryl methyl sites for hydroxylation is 2. The molecule has 0 radical (unpaired) electrons. The molecule has 0 saturated carbocycles. The lowest BCUT2D eigenvalue weighted by Crippen LogP contribution is -2.42. The molecular weight excluding hydrogens is 530 g/mol. The SMILES string of the molecule is Cc1sc2nc(CC(=O)NNC(=O)c3ccc(Cl)c(S(=O)(=O)NCc4ccco4)c3)[nH]c(=O)c2c1C. The van der Waals surface area contributed by atoms with Gasteiger partial charge in [-0.2, -0.15) is 0 Å². The van der Waals surface area contributed by atoms with E-state index in [1.807, 2.05) is 13.8 Å². The topological polar surface area (TPSA) is 163 Å². The molecule has 0 aliphatic rings. The molecule has 2 amide bonds. The molecule has 0 spiro atoms. The van der Waals surface area contributed by atoms with Crippen LogP contribution in [0.1, 0.15) is 32.4 Å². The van der Waals surface area contributed by atoms with Crippen LogP contribution in [0.5, 0.6) is 0 Å². The number of furan rings is 1. The second-order valence-corrected chi connectivity index (χ2v) is 11.0. The van der Waals surface area contributed by atoms with Gasteiger partial charge < -0.3 is 9.40 Å². The van der Waals surface area contributed by atoms with Gasteiger partial charge in [0.2, 0.25) is 15.9 Å². The summed E-state index contributed by atoms with van der Waals surface area (Å²) in [4.78, 5) is 45.3. The van der Waals surface area contributed by atoms with Gasteiger partial charge in [-0.15, -0.1) is 11.3 Å². The van der Waals surface area contributed by atoms with E-state index >= 15 is 0 Å². The first kappa shape index (κ1) is 25.6. The molecule has 4 rings (SSSR count). The van der Waals surface area contributed by atoms with Gasteiger partial charge in [-0.05, 0) is 49.7 Å². The quantitative estimate of drug-likeness (QED) is 0.257. The highest BCUT2D eigenvalue weighted by Gasteiger charge is 2.21. The number of hydrogen-bond donors (Lipinski definition) is 4. The van der Waals surface area contributed by atoms with Gasteiger partial charge in [0, 0.05) is 10.4 Å². The molecule has 0 fully saturated rings. The fraction of sp³-hybridized carbons (Fsp3) is 0.182. The fourth-order valence-electron chi connectivity index (χ4n) is 3.29. The Morgan fingerprint density at radius 2 is 1.97 bits per heavy atom. The van der Waals surface area contributed by atoms with Gasteiger partial charge in [0.25, 0.3) is 11.5 Å². The van der Waals surface area contributed by atoms with E-state index in [2.05, 4.69) is 25.5 Å². The number of fused-ring (bicyclic) bond motifs is 1. The fourth-order valence-corrected chi connectivity index (χ4v) is 5.85. The molecule has 0 atom stereocenters. The van der Waals surface area contributed by atoms with Crippen molar-refractivity contribution in [3.63, 3.8) is 0 Å². The van der Waals surface area contributed by atoms with Gasteiger partial charge in [0.1, 0.15) is 21.3 Å². The number of rotatable bonds is 7. The Bertz CT molecular complexity index is 1630. The number of nitrogens with zero attached hydrogens (tertiary/aromatic N) is 1. The molecular formula is C22H20ClN5O6S2. The Balaban J connectivity index is 1.41. The number of thiophene rings is 1. The van der Waals surface area contributed by atoms with E-state index in [1.165, 1.54) is 29.7 Å². The highest BCUT2D eigenvalue weighted by atomic mass is 35.5. The molecule has 0 bridgehead atoms. The van der Waals surface area contributed by atoms with Crippen molar-refractivity contribution < 1.29 is 22.4 Å². The molecule has 14 heteroatoms. The Labute approximate surface area is 213 Å². The number of aromatic nitrogens is 2. The minimum absolute atomic E-state index is 0.0597. The monoisotopic (exact) mass is 549 g/mol. The summed E-state index contributed by atoms with van der Waals surface area (Å²) < 4.78 is 32.8. The van der Waals surface area contributed by atoms with Gasteiger partial charge >= 0.3 is 0 Å². The molecule has 4 N–H and O–H groups in total. The van der Waals surface area contributed by atoms with Crippen LogP contribution in [0, 0.1) is 13.8 Å². The van der Waals surface area contributed by atoms with Crippen LogP contribution in [-0.4, -0.2) is 30.2 Å². The van der Waals surface area contributed by atoms with Gasteiger partial charge in [0.05, 0.1) is 29.6 Å². The predicted octanol–water partition coefficient (Wildman–Crippen LogP) is 2.33. The summed E-state index contributed by atoms with van der Waals surface area (Å²) in [7, 11) is -4.07. The highest BCUT2D eigenvalue weighted by molar-refractivity contribution is 7.89. The third-order valence-corrected chi connectivity index (χ3v) is 8.21. The summed E-state index contributed by atoms with van der Waals surface area (Å²) >= 11 is 7.40. The van der Waals surface area contributed by atoms with Gasteiger partial charge in [0.15, 0.2) is 0 Å². The zero-order valence-electron chi connectivity index (χ0n) is 19.0. The Kier molecular flexibility index (Phi) is 7.26. The Hall–Kier alpha value is -3.52. The normalized spacial score (nSPS) is 11.5. The van der Waals surface area contributed by atoms with Crippen LogP contribution in [0.15, 0.2) is 50.7 Å². The number of carbonyl (C=O) groups is 2. The first-order valence-electron chi connectivity index (χ1n) is 10.4. The van der Waals surface area contributed by atoms with E-state index in [9.17, 15) is 22.8 Å². The third kappa shape index (κ3) is 5.49. The summed E-state index contributed by atoms with van der Waals surface area (Å²) in [6.45, 7) is 3.60. The lowest BCUT2D eigenvalue weighted by atomic mass is 10.2. The molecule has 36 heavy (non-hydrogen) atoms. The van der Waals surface area contributed by atoms with Crippen molar-refractivity contribution >= 4 is 55.0 Å². The number of sulfonamides is 1. The second kappa shape index (κ2) is 10.2. The standard InChI is InChI=1S/C22H20ClN5O6S2/c1-11-12(2)35-22-19(11)21(31)25-17(26-22)9-18(29)27-28-20(30)13-5-6-15(23)16(8-13)36(32,33)24-10-14-4-3-7-34-14/h3-8,24H,9-10H2,1-2H3,(H,27,29)(H,28,30)(H,25,26,31). The van der Waals surface area contributed by atoms with Gasteiger partial charge in [-0.1, -0.05) is 11.6 Å². The van der Waals surface area contributed by atoms with Crippen molar-refractivity contribution in [3.05, 3.63) is 79.6 Å². The van der Waals surface area contributed by atoms with Crippen molar-refractivity contribution in [3.8, 4) is 0 Å². The number of amides is 2. The van der Waals surface area contributed by atoms with Crippen molar-refractivity contribution in [2.75, 3.05) is 0 Å². The molecule has 0 aliphatic carbocycles. The lowest BCUT2D eigenvalue weighted by molar-refractivity contribution is -0.121. The van der Waals surface area contributed by atoms with E-state index in [0.29, 0.717) is 16.0 Å². The average Bonchev–Trinajstić information content (AvgIpc) is 3.44. The zero-order valence-corrected chi connectivity index (χ0v) is 21.4.